The molecule has 0 saturated heterocycles. The number of nitrogens with one attached hydrogen (secondary N) is 2. The van der Waals surface area contributed by atoms with E-state index in [0.29, 0.717) is 17.0 Å². The van der Waals surface area contributed by atoms with Gasteiger partial charge in [0.05, 0.1) is 23.9 Å². The highest BCUT2D eigenvalue weighted by Crippen LogP contribution is 2.24. The Morgan fingerprint density at radius 1 is 1.38 bits per heavy atom. The van der Waals surface area contributed by atoms with Gasteiger partial charge in [-0.2, -0.15) is 5.10 Å². The Balaban J connectivity index is 2.00. The van der Waals surface area contributed by atoms with E-state index in [-0.39, 0.29) is 15.8 Å². The van der Waals surface area contributed by atoms with Crippen LogP contribution in [-0.4, -0.2) is 23.4 Å². The van der Waals surface area contributed by atoms with Crippen LogP contribution in [0, 0.1) is 10.1 Å². The van der Waals surface area contributed by atoms with Crippen molar-refractivity contribution in [1.82, 2.24) is 5.43 Å². The lowest BCUT2D eigenvalue weighted by Crippen LogP contribution is -2.24. The average molecular weight is 365 g/mol. The molecule has 0 aliphatic carbocycles. The summed E-state index contributed by atoms with van der Waals surface area (Å²) in [6.07, 6.45) is 1.40. The maximum Gasteiger partial charge on any atom is 0.288 e. The number of anilines is 1. The third-order valence-electron chi connectivity index (χ3n) is 2.90. The van der Waals surface area contributed by atoms with Crippen LogP contribution in [0.3, 0.4) is 0 Å². The third kappa shape index (κ3) is 4.64. The van der Waals surface area contributed by atoms with Crippen LogP contribution in [0.2, 0.25) is 5.02 Å². The van der Waals surface area contributed by atoms with Gasteiger partial charge in [0.15, 0.2) is 5.11 Å². The monoisotopic (exact) mass is 364 g/mol. The Morgan fingerprint density at radius 3 is 2.83 bits per heavy atom. The van der Waals surface area contributed by atoms with Crippen LogP contribution in [0.25, 0.3) is 0 Å². The van der Waals surface area contributed by atoms with E-state index >= 15 is 0 Å². The van der Waals surface area contributed by atoms with Gasteiger partial charge in [-0.15, -0.1) is 0 Å². The average Bonchev–Trinajstić information content (AvgIpc) is 2.56. The van der Waals surface area contributed by atoms with Crippen LogP contribution in [0.4, 0.5) is 11.4 Å². The minimum atomic E-state index is -0.555. The largest absolute Gasteiger partial charge is 0.495 e. The quantitative estimate of drug-likeness (QED) is 0.365. The molecule has 0 spiro atoms. The van der Waals surface area contributed by atoms with Crippen molar-refractivity contribution in [3.8, 4) is 5.75 Å². The molecule has 0 amide bonds. The summed E-state index contributed by atoms with van der Waals surface area (Å²) in [5.74, 6) is 0.638. The summed E-state index contributed by atoms with van der Waals surface area (Å²) in [4.78, 5) is 10.3. The van der Waals surface area contributed by atoms with Crippen molar-refractivity contribution in [2.75, 3.05) is 12.4 Å². The summed E-state index contributed by atoms with van der Waals surface area (Å²) < 4.78 is 5.20. The van der Waals surface area contributed by atoms with Gasteiger partial charge in [0.2, 0.25) is 0 Å². The molecule has 2 rings (SSSR count). The molecule has 0 unspecified atom stereocenters. The van der Waals surface area contributed by atoms with Gasteiger partial charge < -0.3 is 10.1 Å². The Labute approximate surface area is 148 Å². The van der Waals surface area contributed by atoms with Crippen LogP contribution < -0.4 is 15.5 Å². The Hall–Kier alpha value is -2.71. The standard InChI is InChI=1S/C15H13ClN4O3S/c1-23-14-5-3-2-4-12(14)18-15(24)19-17-9-10-6-7-11(16)13(8-10)20(21)22/h2-9H,1H3,(H2,18,19,24). The number of benzene rings is 2. The lowest BCUT2D eigenvalue weighted by atomic mass is 10.2. The number of hydrogen-bond acceptors (Lipinski definition) is 5. The highest BCUT2D eigenvalue weighted by molar-refractivity contribution is 7.80. The second-order valence-electron chi connectivity index (χ2n) is 4.49. The number of nitro benzene ring substituents is 1. The van der Waals surface area contributed by atoms with Crippen LogP contribution in [-0.2, 0) is 0 Å². The maximum absolute atomic E-state index is 10.8. The minimum Gasteiger partial charge on any atom is -0.495 e. The SMILES string of the molecule is COc1ccccc1NC(=S)NN=Cc1ccc(Cl)c([N+](=O)[O-])c1. The first kappa shape index (κ1) is 17.6. The van der Waals surface area contributed by atoms with E-state index in [1.54, 1.807) is 25.3 Å². The summed E-state index contributed by atoms with van der Waals surface area (Å²) in [5, 5.41) is 18.0. The fourth-order valence-electron chi connectivity index (χ4n) is 1.81. The third-order valence-corrected chi connectivity index (χ3v) is 3.41. The Bertz CT molecular complexity index is 798. The van der Waals surface area contributed by atoms with E-state index in [0.717, 1.165) is 0 Å². The molecule has 24 heavy (non-hydrogen) atoms. The Kier molecular flexibility index (Phi) is 6.05. The van der Waals surface area contributed by atoms with Gasteiger partial charge in [0.25, 0.3) is 5.69 Å². The number of ether oxygens (including phenoxy) is 1. The van der Waals surface area contributed by atoms with Crippen molar-refractivity contribution in [3.63, 3.8) is 0 Å². The van der Waals surface area contributed by atoms with Crippen molar-refractivity contribution in [2.45, 2.75) is 0 Å². The van der Waals surface area contributed by atoms with E-state index in [1.807, 2.05) is 12.1 Å². The molecule has 0 aliphatic rings. The molecule has 0 aliphatic heterocycles. The molecule has 2 aromatic carbocycles. The summed E-state index contributed by atoms with van der Waals surface area (Å²) in [6, 6.07) is 11.6. The molecule has 9 heteroatoms. The van der Waals surface area contributed by atoms with Crippen molar-refractivity contribution in [1.29, 1.82) is 0 Å². The summed E-state index contributed by atoms with van der Waals surface area (Å²) in [5.41, 5.74) is 3.64. The molecule has 2 aromatic rings. The zero-order valence-corrected chi connectivity index (χ0v) is 14.1. The number of rotatable bonds is 5. The molecule has 0 atom stereocenters. The lowest BCUT2D eigenvalue weighted by Gasteiger charge is -2.10. The molecule has 0 heterocycles. The van der Waals surface area contributed by atoms with Gasteiger partial charge in [-0.1, -0.05) is 29.8 Å². The predicted molar refractivity (Wildman–Crippen MR) is 98.1 cm³/mol. The van der Waals surface area contributed by atoms with Crippen LogP contribution in [0.1, 0.15) is 5.56 Å². The van der Waals surface area contributed by atoms with Gasteiger partial charge >= 0.3 is 0 Å². The van der Waals surface area contributed by atoms with E-state index in [1.165, 1.54) is 18.3 Å². The molecule has 2 N–H and O–H groups in total. The lowest BCUT2D eigenvalue weighted by molar-refractivity contribution is -0.384. The molecule has 124 valence electrons. The van der Waals surface area contributed by atoms with Gasteiger partial charge in [0, 0.05) is 11.6 Å². The number of nitrogens with zero attached hydrogens (tertiary/aromatic N) is 2. The zero-order valence-electron chi connectivity index (χ0n) is 12.5. The predicted octanol–water partition coefficient (Wildman–Crippen LogP) is 3.58. The number of thiocarbonyl (C=S) groups is 1. The van der Waals surface area contributed by atoms with Gasteiger partial charge in [0.1, 0.15) is 10.8 Å². The van der Waals surface area contributed by atoms with E-state index < -0.39 is 4.92 Å². The molecular weight excluding hydrogens is 352 g/mol. The number of nitro groups is 1. The first-order valence-corrected chi connectivity index (χ1v) is 7.47. The fraction of sp³-hybridized carbons (Fsp3) is 0.0667. The maximum atomic E-state index is 10.8. The molecular formula is C15H13ClN4O3S. The normalized spacial score (nSPS) is 10.4. The van der Waals surface area contributed by atoms with Crippen molar-refractivity contribution in [2.24, 2.45) is 5.10 Å². The number of hydrogen-bond donors (Lipinski definition) is 2. The molecule has 0 saturated carbocycles. The summed E-state index contributed by atoms with van der Waals surface area (Å²) in [6.45, 7) is 0. The molecule has 7 nitrogen and oxygen atoms in total. The van der Waals surface area contributed by atoms with Gasteiger partial charge in [-0.25, -0.2) is 0 Å². The number of para-hydroxylation sites is 2. The minimum absolute atomic E-state index is 0.0680. The Morgan fingerprint density at radius 2 is 2.12 bits per heavy atom. The van der Waals surface area contributed by atoms with Crippen LogP contribution in [0.15, 0.2) is 47.6 Å². The van der Waals surface area contributed by atoms with Gasteiger partial charge in [-0.3, -0.25) is 15.5 Å². The summed E-state index contributed by atoms with van der Waals surface area (Å²) >= 11 is 10.9. The fourth-order valence-corrected chi connectivity index (χ4v) is 2.16. The molecule has 0 bridgehead atoms. The van der Waals surface area contributed by atoms with E-state index in [4.69, 9.17) is 28.6 Å². The number of hydrazone groups is 1. The molecule has 0 radical (unpaired) electrons. The zero-order chi connectivity index (χ0) is 17.5. The first-order valence-electron chi connectivity index (χ1n) is 6.68. The second kappa shape index (κ2) is 8.23. The highest BCUT2D eigenvalue weighted by Gasteiger charge is 2.11. The topological polar surface area (TPSA) is 88.8 Å². The van der Waals surface area contributed by atoms with Crippen LogP contribution in [0.5, 0.6) is 5.75 Å². The number of halogens is 1. The van der Waals surface area contributed by atoms with Crippen molar-refractivity contribution < 1.29 is 9.66 Å². The van der Waals surface area contributed by atoms with Crippen molar-refractivity contribution >= 4 is 46.5 Å². The van der Waals surface area contributed by atoms with Gasteiger partial charge in [-0.05, 0) is 30.4 Å². The van der Waals surface area contributed by atoms with E-state index in [2.05, 4.69) is 15.8 Å². The number of methoxy groups -OCH3 is 1. The smallest absolute Gasteiger partial charge is 0.288 e. The van der Waals surface area contributed by atoms with Crippen LogP contribution >= 0.6 is 23.8 Å². The van der Waals surface area contributed by atoms with Crippen molar-refractivity contribution in [3.05, 3.63) is 63.2 Å². The highest BCUT2D eigenvalue weighted by atomic mass is 35.5. The molecule has 0 fully saturated rings. The second-order valence-corrected chi connectivity index (χ2v) is 5.31. The first-order chi connectivity index (χ1) is 11.5. The summed E-state index contributed by atoms with van der Waals surface area (Å²) in [7, 11) is 1.56. The molecule has 0 aromatic heterocycles. The van der Waals surface area contributed by atoms with E-state index in [9.17, 15) is 10.1 Å².